The number of amides is 2. The summed E-state index contributed by atoms with van der Waals surface area (Å²) < 4.78 is 10.8. The van der Waals surface area contributed by atoms with Gasteiger partial charge in [-0.2, -0.15) is 0 Å². The van der Waals surface area contributed by atoms with Gasteiger partial charge in [0.05, 0.1) is 18.9 Å². The number of nitrogens with one attached hydrogen (secondary N) is 1. The number of rotatable bonds is 9. The lowest BCUT2D eigenvalue weighted by Gasteiger charge is -2.34. The summed E-state index contributed by atoms with van der Waals surface area (Å²) in [6, 6.07) is 7.42. The largest absolute Gasteiger partial charge is 0.495 e. The normalized spacial score (nSPS) is 18.5. The fourth-order valence-electron chi connectivity index (χ4n) is 4.22. The van der Waals surface area contributed by atoms with E-state index in [0.29, 0.717) is 17.4 Å². The second-order valence-electron chi connectivity index (χ2n) is 10.7. The van der Waals surface area contributed by atoms with Crippen molar-refractivity contribution in [2.24, 2.45) is 11.3 Å². The van der Waals surface area contributed by atoms with Crippen LogP contribution in [0.5, 0.6) is 5.75 Å². The first-order valence-electron chi connectivity index (χ1n) is 12.5. The first-order chi connectivity index (χ1) is 16.7. The number of nitrogens with zero attached hydrogens (tertiary/aromatic N) is 1. The number of ether oxygens (including phenoxy) is 2. The molecule has 1 aliphatic carbocycles. The topological polar surface area (TPSA) is 67.9 Å². The van der Waals surface area contributed by atoms with Crippen molar-refractivity contribution in [1.29, 1.82) is 0 Å². The van der Waals surface area contributed by atoms with Crippen LogP contribution in [-0.4, -0.2) is 48.6 Å². The van der Waals surface area contributed by atoms with Gasteiger partial charge in [0.15, 0.2) is 0 Å². The van der Waals surface area contributed by atoms with Crippen LogP contribution >= 0.6 is 23.2 Å². The molecule has 8 heteroatoms. The van der Waals surface area contributed by atoms with Crippen LogP contribution < -0.4 is 15.0 Å². The molecule has 204 valence electrons. The molecule has 0 radical (unpaired) electrons. The SMILES string of the molecule is CC1C=C(C(Cl)C(=O)NC(C)C)CC(C)(C)C1.COc1ccccc1N(COC(C)C)C(=O)C(C)Cl. The molecular weight excluding hydrogens is 499 g/mol. The molecule has 1 aromatic carbocycles. The van der Waals surface area contributed by atoms with Crippen LogP contribution in [0.4, 0.5) is 5.69 Å². The van der Waals surface area contributed by atoms with E-state index in [1.165, 1.54) is 4.90 Å². The molecule has 1 aliphatic rings. The highest BCUT2D eigenvalue weighted by atomic mass is 35.5. The van der Waals surface area contributed by atoms with Gasteiger partial charge < -0.3 is 14.8 Å². The molecule has 0 heterocycles. The maximum Gasteiger partial charge on any atom is 0.246 e. The van der Waals surface area contributed by atoms with Crippen molar-refractivity contribution in [3.8, 4) is 5.75 Å². The molecule has 36 heavy (non-hydrogen) atoms. The molecule has 3 atom stereocenters. The van der Waals surface area contributed by atoms with Gasteiger partial charge in [-0.05, 0) is 76.5 Å². The summed E-state index contributed by atoms with van der Waals surface area (Å²) in [5, 5.41) is 1.73. The van der Waals surface area contributed by atoms with Crippen LogP contribution in [0.2, 0.25) is 0 Å². The van der Waals surface area contributed by atoms with Crippen molar-refractivity contribution >= 4 is 40.7 Å². The van der Waals surface area contributed by atoms with Gasteiger partial charge in [-0.3, -0.25) is 14.5 Å². The van der Waals surface area contributed by atoms with Gasteiger partial charge in [-0.15, -0.1) is 23.2 Å². The molecule has 2 rings (SSSR count). The van der Waals surface area contributed by atoms with Crippen molar-refractivity contribution < 1.29 is 19.1 Å². The number of carbonyl (C=O) groups is 2. The molecule has 2 amide bonds. The summed E-state index contributed by atoms with van der Waals surface area (Å²) in [4.78, 5) is 25.6. The van der Waals surface area contributed by atoms with Gasteiger partial charge in [0.1, 0.15) is 23.2 Å². The highest BCUT2D eigenvalue weighted by molar-refractivity contribution is 6.33. The number of anilines is 1. The van der Waals surface area contributed by atoms with Crippen LogP contribution in [0.15, 0.2) is 35.9 Å². The third kappa shape index (κ3) is 10.7. The monoisotopic (exact) mass is 542 g/mol. The Labute approximate surface area is 227 Å². The maximum absolute atomic E-state index is 12.2. The Balaban J connectivity index is 0.000000362. The summed E-state index contributed by atoms with van der Waals surface area (Å²) in [5.74, 6) is 0.826. The van der Waals surface area contributed by atoms with E-state index in [2.05, 4.69) is 32.2 Å². The van der Waals surface area contributed by atoms with Crippen LogP contribution in [-0.2, 0) is 14.3 Å². The zero-order chi connectivity index (χ0) is 27.6. The molecule has 6 nitrogen and oxygen atoms in total. The summed E-state index contributed by atoms with van der Waals surface area (Å²) in [6.07, 6.45) is 4.27. The number of hydrogen-bond donors (Lipinski definition) is 1. The standard InChI is InChI=1S/C14H20ClNO3.C14H24ClNO/c1-10(2)19-9-16(14(17)11(3)15)12-7-5-6-8-13(12)18-4;1-9(2)16-13(17)12(15)11-6-10(3)7-14(4,5)8-11/h5-8,10-11H,9H2,1-4H3;6,9-10,12H,7-8H2,1-5H3,(H,16,17). The number of methoxy groups -OCH3 is 1. The number of para-hydroxylation sites is 2. The highest BCUT2D eigenvalue weighted by Crippen LogP contribution is 2.40. The fraction of sp³-hybridized carbons (Fsp3) is 0.643. The number of benzene rings is 1. The maximum atomic E-state index is 12.2. The molecule has 1 N–H and O–H groups in total. The molecule has 0 saturated carbocycles. The lowest BCUT2D eigenvalue weighted by Crippen LogP contribution is -2.38. The van der Waals surface area contributed by atoms with Crippen LogP contribution in [0.25, 0.3) is 0 Å². The second-order valence-corrected chi connectivity index (χ2v) is 11.8. The van der Waals surface area contributed by atoms with E-state index in [4.69, 9.17) is 32.7 Å². The summed E-state index contributed by atoms with van der Waals surface area (Å²) in [6.45, 7) is 16.2. The molecule has 0 fully saturated rings. The van der Waals surface area contributed by atoms with Gasteiger partial charge >= 0.3 is 0 Å². The molecule has 0 spiro atoms. The smallest absolute Gasteiger partial charge is 0.246 e. The minimum atomic E-state index is -0.624. The number of hydrogen-bond acceptors (Lipinski definition) is 4. The minimum Gasteiger partial charge on any atom is -0.495 e. The molecule has 0 saturated heterocycles. The van der Waals surface area contributed by atoms with Gasteiger partial charge in [-0.1, -0.05) is 39.0 Å². The Morgan fingerprint density at radius 1 is 1.14 bits per heavy atom. The Kier molecular flexibility index (Phi) is 13.3. The van der Waals surface area contributed by atoms with Gasteiger partial charge in [0, 0.05) is 6.04 Å². The molecule has 0 aromatic heterocycles. The summed E-state index contributed by atoms with van der Waals surface area (Å²) in [5.41, 5.74) is 1.98. The Morgan fingerprint density at radius 3 is 2.25 bits per heavy atom. The van der Waals surface area contributed by atoms with Gasteiger partial charge in [-0.25, -0.2) is 0 Å². The quantitative estimate of drug-likeness (QED) is 0.218. The van der Waals surface area contributed by atoms with Crippen molar-refractivity contribution in [3.63, 3.8) is 0 Å². The zero-order valence-corrected chi connectivity index (χ0v) is 24.7. The van der Waals surface area contributed by atoms with E-state index < -0.39 is 10.8 Å². The molecule has 0 aliphatic heterocycles. The van der Waals surface area contributed by atoms with E-state index in [-0.39, 0.29) is 36.1 Å². The Hall–Kier alpha value is -1.76. The van der Waals surface area contributed by atoms with Crippen LogP contribution in [0, 0.1) is 11.3 Å². The van der Waals surface area contributed by atoms with Gasteiger partial charge in [0.25, 0.3) is 0 Å². The minimum absolute atomic E-state index is 0.0237. The number of allylic oxidation sites excluding steroid dienone is 1. The van der Waals surface area contributed by atoms with Crippen LogP contribution in [0.3, 0.4) is 0 Å². The molecule has 3 unspecified atom stereocenters. The lowest BCUT2D eigenvalue weighted by molar-refractivity contribution is -0.121. The molecular formula is C28H44Cl2N2O4. The number of halogens is 2. The van der Waals surface area contributed by atoms with E-state index in [0.717, 1.165) is 18.4 Å². The van der Waals surface area contributed by atoms with E-state index in [9.17, 15) is 9.59 Å². The second kappa shape index (κ2) is 14.8. The third-order valence-corrected chi connectivity index (χ3v) is 6.23. The average molecular weight is 544 g/mol. The Morgan fingerprint density at radius 2 is 1.75 bits per heavy atom. The van der Waals surface area contributed by atoms with Crippen molar-refractivity contribution in [2.45, 2.75) is 91.1 Å². The predicted molar refractivity (Wildman–Crippen MR) is 150 cm³/mol. The lowest BCUT2D eigenvalue weighted by atomic mass is 9.72. The van der Waals surface area contributed by atoms with E-state index in [1.807, 2.05) is 39.8 Å². The average Bonchev–Trinajstić information content (AvgIpc) is 2.77. The predicted octanol–water partition coefficient (Wildman–Crippen LogP) is 6.54. The molecule has 1 aromatic rings. The van der Waals surface area contributed by atoms with Crippen molar-refractivity contribution in [2.75, 3.05) is 18.7 Å². The summed E-state index contributed by atoms with van der Waals surface area (Å²) >= 11 is 12.2. The Bertz CT molecular complexity index is 884. The zero-order valence-electron chi connectivity index (χ0n) is 23.2. The van der Waals surface area contributed by atoms with E-state index >= 15 is 0 Å². The summed E-state index contributed by atoms with van der Waals surface area (Å²) in [7, 11) is 1.56. The fourth-order valence-corrected chi connectivity index (χ4v) is 4.55. The highest BCUT2D eigenvalue weighted by Gasteiger charge is 2.32. The number of carbonyl (C=O) groups excluding carboxylic acids is 2. The van der Waals surface area contributed by atoms with E-state index in [1.54, 1.807) is 26.2 Å². The van der Waals surface area contributed by atoms with Crippen molar-refractivity contribution in [3.05, 3.63) is 35.9 Å². The third-order valence-electron chi connectivity index (χ3n) is 5.56. The van der Waals surface area contributed by atoms with Crippen LogP contribution in [0.1, 0.15) is 68.2 Å². The first-order valence-corrected chi connectivity index (χ1v) is 13.4. The first kappa shape index (κ1) is 32.3. The van der Waals surface area contributed by atoms with Crippen molar-refractivity contribution in [1.82, 2.24) is 5.32 Å². The molecule has 0 bridgehead atoms. The van der Waals surface area contributed by atoms with Gasteiger partial charge in [0.2, 0.25) is 11.8 Å². The number of alkyl halides is 2.